The second-order valence-corrected chi connectivity index (χ2v) is 6.76. The van der Waals surface area contributed by atoms with Crippen molar-refractivity contribution in [2.75, 3.05) is 31.7 Å². The van der Waals surface area contributed by atoms with E-state index in [9.17, 15) is 9.59 Å². The Labute approximate surface area is 148 Å². The van der Waals surface area contributed by atoms with Crippen molar-refractivity contribution in [3.8, 4) is 0 Å². The van der Waals surface area contributed by atoms with E-state index in [1.54, 1.807) is 23.6 Å². The number of benzene rings is 1. The average Bonchev–Trinajstić information content (AvgIpc) is 2.59. The van der Waals surface area contributed by atoms with Crippen LogP contribution in [0.25, 0.3) is 0 Å². The highest BCUT2D eigenvalue weighted by Gasteiger charge is 2.36. The van der Waals surface area contributed by atoms with E-state index in [0.29, 0.717) is 32.5 Å². The van der Waals surface area contributed by atoms with Gasteiger partial charge in [0.1, 0.15) is 6.04 Å². The highest BCUT2D eigenvalue weighted by atomic mass is 32.2. The van der Waals surface area contributed by atoms with Crippen molar-refractivity contribution >= 4 is 23.6 Å². The Morgan fingerprint density at radius 2 is 2.17 bits per heavy atom. The van der Waals surface area contributed by atoms with Crippen molar-refractivity contribution in [2.45, 2.75) is 31.8 Å². The number of hydrogen-bond donors (Lipinski definition) is 1. The molecule has 2 rings (SSSR count). The first kappa shape index (κ1) is 18.8. The van der Waals surface area contributed by atoms with Crippen LogP contribution < -0.4 is 5.32 Å². The Bertz CT molecular complexity index is 538. The zero-order valence-electron chi connectivity index (χ0n) is 14.4. The number of thioether (sulfide) groups is 1. The van der Waals surface area contributed by atoms with Crippen LogP contribution in [0.5, 0.6) is 0 Å². The maximum Gasteiger partial charge on any atom is 0.328 e. The van der Waals surface area contributed by atoms with E-state index in [4.69, 9.17) is 4.74 Å². The summed E-state index contributed by atoms with van der Waals surface area (Å²) in [6.07, 6.45) is 3.26. The smallest absolute Gasteiger partial charge is 0.328 e. The average molecular weight is 350 g/mol. The zero-order valence-corrected chi connectivity index (χ0v) is 15.2. The van der Waals surface area contributed by atoms with Crippen LogP contribution >= 0.6 is 11.8 Å². The van der Waals surface area contributed by atoms with Crippen molar-refractivity contribution in [1.29, 1.82) is 0 Å². The van der Waals surface area contributed by atoms with Crippen LogP contribution in [0.3, 0.4) is 0 Å². The van der Waals surface area contributed by atoms with Crippen LogP contribution in [0.4, 0.5) is 0 Å². The fourth-order valence-electron chi connectivity index (χ4n) is 2.94. The molecule has 6 heteroatoms. The highest BCUT2D eigenvalue weighted by Crippen LogP contribution is 2.16. The molecule has 132 valence electrons. The van der Waals surface area contributed by atoms with Gasteiger partial charge in [-0.1, -0.05) is 30.3 Å². The molecule has 1 fully saturated rings. The predicted molar refractivity (Wildman–Crippen MR) is 97.1 cm³/mol. The van der Waals surface area contributed by atoms with E-state index in [1.165, 1.54) is 0 Å². The molecule has 24 heavy (non-hydrogen) atoms. The summed E-state index contributed by atoms with van der Waals surface area (Å²) in [4.78, 5) is 26.9. The van der Waals surface area contributed by atoms with Crippen molar-refractivity contribution < 1.29 is 14.3 Å². The molecule has 0 unspecified atom stereocenters. The molecule has 1 amide bonds. The molecule has 0 radical (unpaired) electrons. The molecule has 0 aromatic heterocycles. The van der Waals surface area contributed by atoms with E-state index in [2.05, 4.69) is 5.32 Å². The lowest BCUT2D eigenvalue weighted by atomic mass is 10.0. The van der Waals surface area contributed by atoms with Gasteiger partial charge in [-0.2, -0.15) is 11.8 Å². The predicted octanol–water partition coefficient (Wildman–Crippen LogP) is 1.71. The van der Waals surface area contributed by atoms with Gasteiger partial charge in [-0.15, -0.1) is 0 Å². The molecule has 0 bridgehead atoms. The fourth-order valence-corrected chi connectivity index (χ4v) is 3.40. The Balaban J connectivity index is 2.08. The Morgan fingerprint density at radius 1 is 1.42 bits per heavy atom. The minimum Gasteiger partial charge on any atom is -0.464 e. The summed E-state index contributed by atoms with van der Waals surface area (Å²) in [6.45, 7) is 3.37. The van der Waals surface area contributed by atoms with Gasteiger partial charge in [0.05, 0.1) is 12.6 Å². The summed E-state index contributed by atoms with van der Waals surface area (Å²) >= 11 is 1.67. The number of carbonyl (C=O) groups excluding carboxylic acids is 2. The van der Waals surface area contributed by atoms with Gasteiger partial charge in [0.25, 0.3) is 0 Å². The van der Waals surface area contributed by atoms with Gasteiger partial charge < -0.3 is 15.0 Å². The largest absolute Gasteiger partial charge is 0.464 e. The van der Waals surface area contributed by atoms with Crippen LogP contribution in [0.15, 0.2) is 30.3 Å². The van der Waals surface area contributed by atoms with Crippen molar-refractivity contribution in [3.63, 3.8) is 0 Å². The number of carbonyl (C=O) groups is 2. The molecule has 1 aromatic carbocycles. The molecule has 1 aliphatic heterocycles. The summed E-state index contributed by atoms with van der Waals surface area (Å²) in [7, 11) is 0. The lowest BCUT2D eigenvalue weighted by Crippen LogP contribution is -2.60. The topological polar surface area (TPSA) is 58.6 Å². The molecular formula is C18H26N2O3S. The second kappa shape index (κ2) is 9.69. The molecule has 5 nitrogen and oxygen atoms in total. The maximum absolute atomic E-state index is 12.9. The number of ether oxygens (including phenoxy) is 1. The molecule has 1 aliphatic rings. The van der Waals surface area contributed by atoms with Gasteiger partial charge in [0, 0.05) is 13.1 Å². The number of esters is 1. The van der Waals surface area contributed by atoms with Crippen molar-refractivity contribution in [3.05, 3.63) is 35.9 Å². The van der Waals surface area contributed by atoms with Gasteiger partial charge in [0.15, 0.2) is 0 Å². The van der Waals surface area contributed by atoms with E-state index >= 15 is 0 Å². The molecule has 2 atom stereocenters. The number of amides is 1. The van der Waals surface area contributed by atoms with Gasteiger partial charge in [-0.05, 0) is 37.3 Å². The van der Waals surface area contributed by atoms with E-state index in [1.807, 2.05) is 36.6 Å². The van der Waals surface area contributed by atoms with Crippen molar-refractivity contribution in [1.82, 2.24) is 10.2 Å². The molecule has 0 spiro atoms. The van der Waals surface area contributed by atoms with Gasteiger partial charge >= 0.3 is 5.97 Å². The zero-order chi connectivity index (χ0) is 17.4. The lowest BCUT2D eigenvalue weighted by molar-refractivity contribution is -0.156. The molecule has 1 N–H and O–H groups in total. The summed E-state index contributed by atoms with van der Waals surface area (Å²) in [6, 6.07) is 9.18. The van der Waals surface area contributed by atoms with E-state index in [0.717, 1.165) is 11.3 Å². The molecule has 1 aromatic rings. The first-order chi connectivity index (χ1) is 11.7. The number of nitrogens with zero attached hydrogens (tertiary/aromatic N) is 1. The maximum atomic E-state index is 12.9. The number of nitrogens with one attached hydrogen (secondary N) is 1. The van der Waals surface area contributed by atoms with Crippen LogP contribution in [0.2, 0.25) is 0 Å². The monoisotopic (exact) mass is 350 g/mol. The van der Waals surface area contributed by atoms with Crippen molar-refractivity contribution in [2.24, 2.45) is 0 Å². The SMILES string of the molecule is CCOC(=O)[C@H](CCSC)N1CCN[C@@H](Cc2ccccc2)C1=O. The quantitative estimate of drug-likeness (QED) is 0.724. The fraction of sp³-hybridized carbons (Fsp3) is 0.556. The van der Waals surface area contributed by atoms with E-state index in [-0.39, 0.29) is 17.9 Å². The first-order valence-corrected chi connectivity index (χ1v) is 9.80. The van der Waals surface area contributed by atoms with Gasteiger partial charge in [-0.25, -0.2) is 4.79 Å². The summed E-state index contributed by atoms with van der Waals surface area (Å²) in [5.74, 6) is 0.522. The molecule has 1 heterocycles. The minimum absolute atomic E-state index is 0.00995. The summed E-state index contributed by atoms with van der Waals surface area (Å²) in [5.41, 5.74) is 1.11. The van der Waals surface area contributed by atoms with E-state index < -0.39 is 6.04 Å². The standard InChI is InChI=1S/C18H26N2O3S/c1-3-23-18(22)16(9-12-24-2)20-11-10-19-15(17(20)21)13-14-7-5-4-6-8-14/h4-8,15-16,19H,3,9-13H2,1-2H3/t15-,16-/m0/s1. The first-order valence-electron chi connectivity index (χ1n) is 8.40. The lowest BCUT2D eigenvalue weighted by Gasteiger charge is -2.37. The third-order valence-corrected chi connectivity index (χ3v) is 4.78. The molecule has 0 aliphatic carbocycles. The van der Waals surface area contributed by atoms with Crippen LogP contribution in [0.1, 0.15) is 18.9 Å². The Morgan fingerprint density at radius 3 is 2.83 bits per heavy atom. The van der Waals surface area contributed by atoms with Crippen LogP contribution in [-0.2, 0) is 20.7 Å². The molecule has 1 saturated heterocycles. The molecular weight excluding hydrogens is 324 g/mol. The number of rotatable bonds is 8. The van der Waals surface area contributed by atoms with Crippen LogP contribution in [-0.4, -0.2) is 60.6 Å². The Hall–Kier alpha value is -1.53. The highest BCUT2D eigenvalue weighted by molar-refractivity contribution is 7.98. The molecule has 0 saturated carbocycles. The second-order valence-electron chi connectivity index (χ2n) is 5.78. The number of hydrogen-bond acceptors (Lipinski definition) is 5. The third kappa shape index (κ3) is 4.98. The normalized spacial score (nSPS) is 19.2. The minimum atomic E-state index is -0.481. The summed E-state index contributed by atoms with van der Waals surface area (Å²) < 4.78 is 5.19. The summed E-state index contributed by atoms with van der Waals surface area (Å²) in [5, 5.41) is 3.28. The van der Waals surface area contributed by atoms with Gasteiger partial charge in [-0.3, -0.25) is 4.79 Å². The Kier molecular flexibility index (Phi) is 7.59. The number of piperazine rings is 1. The van der Waals surface area contributed by atoms with Crippen LogP contribution in [0, 0.1) is 0 Å². The third-order valence-electron chi connectivity index (χ3n) is 4.14. The van der Waals surface area contributed by atoms with Gasteiger partial charge in [0.2, 0.25) is 5.91 Å².